The Kier molecular flexibility index (Phi) is 5.75. The molecule has 4 amide bonds. The third-order valence-electron chi connectivity index (χ3n) is 4.86. The third kappa shape index (κ3) is 4.23. The Morgan fingerprint density at radius 3 is 2.45 bits per heavy atom. The number of carbonyl (C=O) groups is 3. The maximum Gasteiger partial charge on any atom is 0.335 e. The minimum absolute atomic E-state index is 0.0947. The zero-order valence-electron chi connectivity index (χ0n) is 16.8. The first-order valence-corrected chi connectivity index (χ1v) is 10.1. The molecule has 1 fully saturated rings. The molecule has 1 aliphatic rings. The fourth-order valence-electron chi connectivity index (χ4n) is 3.15. The van der Waals surface area contributed by atoms with E-state index >= 15 is 0 Å². The monoisotopic (exact) mass is 485 g/mol. The SMILES string of the molecule is Cc1ccc(N2C(=O)NC(=O)/C(=C/c3ccc(-c4ccc([N+](=O)[O-])cc4Cl)o3)C2=O)cc1Cl. The molecular weight excluding hydrogens is 473 g/mol. The van der Waals surface area contributed by atoms with E-state index in [1.165, 1.54) is 48.5 Å². The van der Waals surface area contributed by atoms with Crippen molar-refractivity contribution in [3.8, 4) is 11.3 Å². The molecule has 1 saturated heterocycles. The highest BCUT2D eigenvalue weighted by molar-refractivity contribution is 6.39. The Balaban J connectivity index is 1.67. The molecule has 11 heteroatoms. The normalized spacial score (nSPS) is 15.2. The van der Waals surface area contributed by atoms with Crippen LogP contribution < -0.4 is 10.2 Å². The number of barbiturate groups is 1. The number of hydrogen-bond acceptors (Lipinski definition) is 6. The molecule has 0 atom stereocenters. The molecule has 1 aromatic heterocycles. The molecule has 3 aromatic rings. The van der Waals surface area contributed by atoms with Gasteiger partial charge in [0.1, 0.15) is 17.1 Å². The van der Waals surface area contributed by atoms with E-state index in [0.29, 0.717) is 10.6 Å². The van der Waals surface area contributed by atoms with Crippen molar-refractivity contribution < 1.29 is 23.7 Å². The van der Waals surface area contributed by atoms with E-state index in [1.807, 2.05) is 0 Å². The highest BCUT2D eigenvalue weighted by atomic mass is 35.5. The van der Waals surface area contributed by atoms with E-state index in [4.69, 9.17) is 27.6 Å². The van der Waals surface area contributed by atoms with Crippen LogP contribution in [0.4, 0.5) is 16.2 Å². The van der Waals surface area contributed by atoms with Gasteiger partial charge in [0.25, 0.3) is 17.5 Å². The molecule has 1 N–H and O–H groups in total. The Morgan fingerprint density at radius 2 is 1.79 bits per heavy atom. The van der Waals surface area contributed by atoms with E-state index in [1.54, 1.807) is 13.0 Å². The topological polar surface area (TPSA) is 123 Å². The average Bonchev–Trinajstić information content (AvgIpc) is 3.21. The van der Waals surface area contributed by atoms with Crippen molar-refractivity contribution in [2.75, 3.05) is 4.90 Å². The molecule has 0 aliphatic carbocycles. The van der Waals surface area contributed by atoms with Gasteiger partial charge in [0.05, 0.1) is 15.6 Å². The summed E-state index contributed by atoms with van der Waals surface area (Å²) in [4.78, 5) is 48.8. The molecule has 0 spiro atoms. The number of anilines is 1. The van der Waals surface area contributed by atoms with E-state index in [-0.39, 0.29) is 33.5 Å². The predicted octanol–water partition coefficient (Wildman–Crippen LogP) is 5.14. The van der Waals surface area contributed by atoms with E-state index < -0.39 is 22.8 Å². The second-order valence-corrected chi connectivity index (χ2v) is 7.83. The van der Waals surface area contributed by atoms with Crippen LogP contribution in [0.3, 0.4) is 0 Å². The number of carbonyl (C=O) groups excluding carboxylic acids is 3. The van der Waals surface area contributed by atoms with Gasteiger partial charge in [0.15, 0.2) is 0 Å². The van der Waals surface area contributed by atoms with Gasteiger partial charge in [-0.15, -0.1) is 0 Å². The predicted molar refractivity (Wildman–Crippen MR) is 121 cm³/mol. The summed E-state index contributed by atoms with van der Waals surface area (Å²) >= 11 is 12.2. The van der Waals surface area contributed by atoms with Gasteiger partial charge in [-0.25, -0.2) is 9.69 Å². The first-order chi connectivity index (χ1) is 15.7. The lowest BCUT2D eigenvalue weighted by Crippen LogP contribution is -2.54. The summed E-state index contributed by atoms with van der Waals surface area (Å²) in [5, 5.41) is 13.4. The minimum Gasteiger partial charge on any atom is -0.457 e. The number of aryl methyl sites for hydroxylation is 1. The van der Waals surface area contributed by atoms with Gasteiger partial charge in [0, 0.05) is 22.7 Å². The van der Waals surface area contributed by atoms with Gasteiger partial charge in [-0.1, -0.05) is 29.3 Å². The zero-order valence-corrected chi connectivity index (χ0v) is 18.3. The maximum absolute atomic E-state index is 13.0. The van der Waals surface area contributed by atoms with Gasteiger partial charge >= 0.3 is 6.03 Å². The lowest BCUT2D eigenvalue weighted by atomic mass is 10.1. The average molecular weight is 486 g/mol. The Bertz CT molecular complexity index is 1380. The van der Waals surface area contributed by atoms with Crippen LogP contribution in [0.1, 0.15) is 11.3 Å². The molecule has 166 valence electrons. The quantitative estimate of drug-likeness (QED) is 0.236. The minimum atomic E-state index is -0.903. The van der Waals surface area contributed by atoms with Crippen molar-refractivity contribution in [3.63, 3.8) is 0 Å². The second-order valence-electron chi connectivity index (χ2n) is 7.01. The van der Waals surface area contributed by atoms with Crippen molar-refractivity contribution in [1.29, 1.82) is 0 Å². The number of furan rings is 1. The van der Waals surface area contributed by atoms with Crippen LogP contribution in [0.2, 0.25) is 10.0 Å². The largest absolute Gasteiger partial charge is 0.457 e. The van der Waals surface area contributed by atoms with Crippen molar-refractivity contribution in [1.82, 2.24) is 5.32 Å². The fourth-order valence-corrected chi connectivity index (χ4v) is 3.59. The number of amides is 4. The molecule has 33 heavy (non-hydrogen) atoms. The first kappa shape index (κ1) is 22.3. The van der Waals surface area contributed by atoms with Crippen LogP contribution in [0.15, 0.2) is 58.5 Å². The lowest BCUT2D eigenvalue weighted by molar-refractivity contribution is -0.384. The van der Waals surface area contributed by atoms with Crippen molar-refractivity contribution in [3.05, 3.63) is 85.6 Å². The zero-order chi connectivity index (χ0) is 23.9. The standard InChI is InChI=1S/C22H13Cl2N3O6/c1-11-2-3-12(8-17(11)23)26-21(29)16(20(28)25-22(26)30)10-14-5-7-19(33-14)15-6-4-13(27(31)32)9-18(15)24/h2-10H,1H3,(H,25,28,30)/b16-10-. The smallest absolute Gasteiger partial charge is 0.335 e. The van der Waals surface area contributed by atoms with Gasteiger partial charge in [-0.2, -0.15) is 0 Å². The van der Waals surface area contributed by atoms with Crippen LogP contribution in [0.5, 0.6) is 0 Å². The van der Waals surface area contributed by atoms with Crippen LogP contribution in [-0.4, -0.2) is 22.8 Å². The third-order valence-corrected chi connectivity index (χ3v) is 5.58. The number of benzene rings is 2. The number of non-ortho nitro benzene ring substituents is 1. The van der Waals surface area contributed by atoms with Crippen LogP contribution in [0.25, 0.3) is 17.4 Å². The Morgan fingerprint density at radius 1 is 1.03 bits per heavy atom. The van der Waals surface area contributed by atoms with Crippen molar-refractivity contribution in [2.24, 2.45) is 0 Å². The number of hydrogen-bond donors (Lipinski definition) is 1. The number of nitrogens with zero attached hydrogens (tertiary/aromatic N) is 2. The second kappa shape index (κ2) is 8.53. The van der Waals surface area contributed by atoms with Crippen molar-refractivity contribution in [2.45, 2.75) is 6.92 Å². The number of nitro benzene ring substituents is 1. The molecule has 0 unspecified atom stereocenters. The van der Waals surface area contributed by atoms with E-state index in [0.717, 1.165) is 10.5 Å². The fraction of sp³-hybridized carbons (Fsp3) is 0.0455. The summed E-state index contributed by atoms with van der Waals surface area (Å²) in [6.45, 7) is 1.77. The highest BCUT2D eigenvalue weighted by Gasteiger charge is 2.37. The summed E-state index contributed by atoms with van der Waals surface area (Å²) in [6.07, 6.45) is 1.19. The summed E-state index contributed by atoms with van der Waals surface area (Å²) in [5.74, 6) is -1.33. The van der Waals surface area contributed by atoms with Crippen LogP contribution >= 0.6 is 23.2 Å². The number of urea groups is 1. The van der Waals surface area contributed by atoms with Crippen LogP contribution in [0, 0.1) is 17.0 Å². The first-order valence-electron chi connectivity index (χ1n) is 9.37. The molecule has 2 heterocycles. The number of nitrogens with one attached hydrogen (secondary N) is 1. The number of imide groups is 2. The number of halogens is 2. The van der Waals surface area contributed by atoms with Gasteiger partial charge in [0.2, 0.25) is 0 Å². The highest BCUT2D eigenvalue weighted by Crippen LogP contribution is 2.33. The molecule has 2 aromatic carbocycles. The maximum atomic E-state index is 13.0. The Labute approximate surface area is 196 Å². The molecule has 1 aliphatic heterocycles. The molecule has 0 saturated carbocycles. The van der Waals surface area contributed by atoms with Gasteiger partial charge in [-0.05, 0) is 48.9 Å². The van der Waals surface area contributed by atoms with Gasteiger partial charge in [-0.3, -0.25) is 25.0 Å². The lowest BCUT2D eigenvalue weighted by Gasteiger charge is -2.26. The van der Waals surface area contributed by atoms with E-state index in [9.17, 15) is 24.5 Å². The molecular formula is C22H13Cl2N3O6. The Hall–Kier alpha value is -3.95. The summed E-state index contributed by atoms with van der Waals surface area (Å²) in [5.41, 5.74) is 0.831. The van der Waals surface area contributed by atoms with E-state index in [2.05, 4.69) is 5.32 Å². The molecule has 4 rings (SSSR count). The summed E-state index contributed by atoms with van der Waals surface area (Å²) in [7, 11) is 0. The van der Waals surface area contributed by atoms with Crippen LogP contribution in [-0.2, 0) is 9.59 Å². The number of nitro groups is 1. The summed E-state index contributed by atoms with van der Waals surface area (Å²) in [6, 6.07) is 10.6. The van der Waals surface area contributed by atoms with Gasteiger partial charge < -0.3 is 4.42 Å². The summed E-state index contributed by atoms with van der Waals surface area (Å²) < 4.78 is 5.67. The molecule has 0 bridgehead atoms. The van der Waals surface area contributed by atoms with Crippen molar-refractivity contribution >= 4 is 58.5 Å². The number of rotatable bonds is 4. The molecule has 0 radical (unpaired) electrons. The molecule has 9 nitrogen and oxygen atoms in total.